The van der Waals surface area contributed by atoms with Crippen LogP contribution >= 0.6 is 0 Å². The van der Waals surface area contributed by atoms with Gasteiger partial charge in [-0.05, 0) is 62.5 Å². The zero-order valence-corrected chi connectivity index (χ0v) is 12.3. The average molecular weight is 287 g/mol. The summed E-state index contributed by atoms with van der Waals surface area (Å²) in [5.41, 5.74) is 0.949. The molecule has 0 bridgehead atoms. The van der Waals surface area contributed by atoms with Crippen LogP contribution in [0.2, 0.25) is 0 Å². The van der Waals surface area contributed by atoms with Crippen molar-refractivity contribution in [3.63, 3.8) is 0 Å². The quantitative estimate of drug-likeness (QED) is 0.916. The van der Waals surface area contributed by atoms with Crippen LogP contribution in [0.4, 0.5) is 0 Å². The third kappa shape index (κ3) is 3.61. The molecular formula is C16H21N3O2. The van der Waals surface area contributed by atoms with Crippen LogP contribution in [0.3, 0.4) is 0 Å². The minimum absolute atomic E-state index is 0.648. The number of hydrogen-bond donors (Lipinski definition) is 1. The van der Waals surface area contributed by atoms with E-state index in [-0.39, 0.29) is 0 Å². The maximum Gasteiger partial charge on any atom is 0.226 e. The molecule has 5 nitrogen and oxygen atoms in total. The summed E-state index contributed by atoms with van der Waals surface area (Å²) in [5, 5.41) is 7.50. The van der Waals surface area contributed by atoms with Crippen molar-refractivity contribution in [1.29, 1.82) is 0 Å². The van der Waals surface area contributed by atoms with Gasteiger partial charge in [-0.15, -0.1) is 0 Å². The van der Waals surface area contributed by atoms with Gasteiger partial charge in [0.25, 0.3) is 0 Å². The second-order valence-corrected chi connectivity index (χ2v) is 5.49. The topological polar surface area (TPSA) is 60.2 Å². The molecule has 5 heteroatoms. The second kappa shape index (κ2) is 6.72. The highest BCUT2D eigenvalue weighted by Crippen LogP contribution is 2.21. The molecule has 1 unspecified atom stereocenters. The molecule has 1 aliphatic rings. The molecule has 1 fully saturated rings. The van der Waals surface area contributed by atoms with Crippen LogP contribution in [0.25, 0.3) is 11.4 Å². The Morgan fingerprint density at radius 1 is 1.33 bits per heavy atom. The molecule has 1 N–H and O–H groups in total. The van der Waals surface area contributed by atoms with E-state index in [1.54, 1.807) is 7.11 Å². The van der Waals surface area contributed by atoms with Gasteiger partial charge in [-0.1, -0.05) is 5.16 Å². The number of aryl methyl sites for hydroxylation is 1. The number of piperidine rings is 1. The Morgan fingerprint density at radius 2 is 2.19 bits per heavy atom. The summed E-state index contributed by atoms with van der Waals surface area (Å²) in [7, 11) is 1.65. The summed E-state index contributed by atoms with van der Waals surface area (Å²) in [4.78, 5) is 4.48. The van der Waals surface area contributed by atoms with Crippen molar-refractivity contribution in [2.75, 3.05) is 20.2 Å². The van der Waals surface area contributed by atoms with Crippen molar-refractivity contribution in [3.05, 3.63) is 30.2 Å². The van der Waals surface area contributed by atoms with E-state index in [0.29, 0.717) is 5.82 Å². The molecule has 1 saturated heterocycles. The lowest BCUT2D eigenvalue weighted by Gasteiger charge is -2.21. The van der Waals surface area contributed by atoms with Gasteiger partial charge in [0.15, 0.2) is 0 Å². The molecule has 0 aliphatic carbocycles. The Hall–Kier alpha value is -1.88. The molecule has 112 valence electrons. The Morgan fingerprint density at radius 3 is 2.90 bits per heavy atom. The maximum absolute atomic E-state index is 5.35. The van der Waals surface area contributed by atoms with E-state index in [2.05, 4.69) is 15.5 Å². The first-order valence-electron chi connectivity index (χ1n) is 7.53. The summed E-state index contributed by atoms with van der Waals surface area (Å²) in [6, 6.07) is 7.69. The predicted molar refractivity (Wildman–Crippen MR) is 80.2 cm³/mol. The third-order valence-electron chi connectivity index (χ3n) is 3.98. The number of nitrogens with zero attached hydrogens (tertiary/aromatic N) is 2. The first-order chi connectivity index (χ1) is 10.3. The van der Waals surface area contributed by atoms with E-state index in [4.69, 9.17) is 9.26 Å². The second-order valence-electron chi connectivity index (χ2n) is 5.49. The number of rotatable bonds is 5. The highest BCUT2D eigenvalue weighted by atomic mass is 16.5. The van der Waals surface area contributed by atoms with Gasteiger partial charge in [0, 0.05) is 12.0 Å². The van der Waals surface area contributed by atoms with Crippen molar-refractivity contribution in [2.24, 2.45) is 5.92 Å². The average Bonchev–Trinajstić information content (AvgIpc) is 3.03. The molecule has 0 saturated carbocycles. The van der Waals surface area contributed by atoms with E-state index in [0.717, 1.165) is 49.1 Å². The van der Waals surface area contributed by atoms with Crippen LogP contribution in [-0.2, 0) is 6.42 Å². The van der Waals surface area contributed by atoms with Gasteiger partial charge >= 0.3 is 0 Å². The predicted octanol–water partition coefficient (Wildman–Crippen LogP) is 2.68. The monoisotopic (exact) mass is 287 g/mol. The van der Waals surface area contributed by atoms with Crippen molar-refractivity contribution in [1.82, 2.24) is 15.5 Å². The lowest BCUT2D eigenvalue weighted by atomic mass is 9.95. The van der Waals surface area contributed by atoms with Crippen LogP contribution in [0.5, 0.6) is 5.75 Å². The van der Waals surface area contributed by atoms with Gasteiger partial charge < -0.3 is 14.6 Å². The van der Waals surface area contributed by atoms with E-state index >= 15 is 0 Å². The van der Waals surface area contributed by atoms with Crippen molar-refractivity contribution in [3.8, 4) is 17.1 Å². The number of nitrogens with one attached hydrogen (secondary N) is 1. The minimum atomic E-state index is 0.648. The van der Waals surface area contributed by atoms with E-state index in [9.17, 15) is 0 Å². The van der Waals surface area contributed by atoms with Crippen LogP contribution in [-0.4, -0.2) is 30.3 Å². The molecule has 0 radical (unpaired) electrons. The normalized spacial score (nSPS) is 18.6. The van der Waals surface area contributed by atoms with Crippen molar-refractivity contribution < 1.29 is 9.26 Å². The third-order valence-corrected chi connectivity index (χ3v) is 3.98. The van der Waals surface area contributed by atoms with E-state index in [1.807, 2.05) is 24.3 Å². The summed E-state index contributed by atoms with van der Waals surface area (Å²) in [6.45, 7) is 2.26. The lowest BCUT2D eigenvalue weighted by molar-refractivity contribution is 0.327. The molecule has 1 aliphatic heterocycles. The van der Waals surface area contributed by atoms with Gasteiger partial charge in [0.2, 0.25) is 11.7 Å². The summed E-state index contributed by atoms with van der Waals surface area (Å²) in [5.74, 6) is 2.93. The minimum Gasteiger partial charge on any atom is -0.497 e. The van der Waals surface area contributed by atoms with E-state index < -0.39 is 0 Å². The summed E-state index contributed by atoms with van der Waals surface area (Å²) < 4.78 is 10.5. The molecule has 0 spiro atoms. The lowest BCUT2D eigenvalue weighted by Crippen LogP contribution is -2.29. The van der Waals surface area contributed by atoms with Gasteiger partial charge in [0.1, 0.15) is 5.75 Å². The summed E-state index contributed by atoms with van der Waals surface area (Å²) >= 11 is 0. The zero-order chi connectivity index (χ0) is 14.5. The summed E-state index contributed by atoms with van der Waals surface area (Å²) in [6.07, 6.45) is 4.53. The maximum atomic E-state index is 5.35. The van der Waals surface area contributed by atoms with Gasteiger partial charge in [0.05, 0.1) is 7.11 Å². The van der Waals surface area contributed by atoms with Crippen LogP contribution in [0, 0.1) is 5.92 Å². The fourth-order valence-electron chi connectivity index (χ4n) is 2.71. The number of ether oxygens (including phenoxy) is 1. The smallest absolute Gasteiger partial charge is 0.226 e. The number of benzene rings is 1. The Bertz CT molecular complexity index is 559. The van der Waals surface area contributed by atoms with Crippen LogP contribution < -0.4 is 10.1 Å². The molecule has 3 rings (SSSR count). The Kier molecular flexibility index (Phi) is 4.50. The molecule has 2 heterocycles. The number of methoxy groups -OCH3 is 1. The molecule has 1 aromatic heterocycles. The largest absolute Gasteiger partial charge is 0.497 e. The van der Waals surface area contributed by atoms with Gasteiger partial charge in [-0.25, -0.2) is 0 Å². The Labute approximate surface area is 124 Å². The molecule has 0 amide bonds. The van der Waals surface area contributed by atoms with Gasteiger partial charge in [-0.3, -0.25) is 0 Å². The molecule has 1 aromatic carbocycles. The highest BCUT2D eigenvalue weighted by Gasteiger charge is 2.15. The molecule has 21 heavy (non-hydrogen) atoms. The van der Waals surface area contributed by atoms with Crippen LogP contribution in [0.1, 0.15) is 25.2 Å². The number of aromatic nitrogens is 2. The first kappa shape index (κ1) is 14.1. The molecule has 1 atom stereocenters. The highest BCUT2D eigenvalue weighted by molar-refractivity contribution is 5.55. The zero-order valence-electron chi connectivity index (χ0n) is 12.3. The fourth-order valence-corrected chi connectivity index (χ4v) is 2.71. The fraction of sp³-hybridized carbons (Fsp3) is 0.500. The van der Waals surface area contributed by atoms with E-state index in [1.165, 1.54) is 12.8 Å². The first-order valence-corrected chi connectivity index (χ1v) is 7.53. The van der Waals surface area contributed by atoms with Crippen molar-refractivity contribution >= 4 is 0 Å². The molecular weight excluding hydrogens is 266 g/mol. The molecule has 2 aromatic rings. The SMILES string of the molecule is COc1ccc(-c2noc(CCC3CCCNC3)n2)cc1. The van der Waals surface area contributed by atoms with Gasteiger partial charge in [-0.2, -0.15) is 4.98 Å². The van der Waals surface area contributed by atoms with Crippen LogP contribution in [0.15, 0.2) is 28.8 Å². The standard InChI is InChI=1S/C16H21N3O2/c1-20-14-7-5-13(6-8-14)16-18-15(21-19-16)9-4-12-3-2-10-17-11-12/h5-8,12,17H,2-4,9-11H2,1H3. The number of hydrogen-bond acceptors (Lipinski definition) is 5. The Balaban J connectivity index is 1.59. The van der Waals surface area contributed by atoms with Crippen molar-refractivity contribution in [2.45, 2.75) is 25.7 Å².